The van der Waals surface area contributed by atoms with Crippen molar-refractivity contribution in [1.29, 1.82) is 0 Å². The molecule has 0 rings (SSSR count). The third kappa shape index (κ3) is 4.28. The van der Waals surface area contributed by atoms with Crippen molar-refractivity contribution in [1.82, 2.24) is 0 Å². The summed E-state index contributed by atoms with van der Waals surface area (Å²) in [7, 11) is -4.32. The van der Waals surface area contributed by atoms with Crippen LogP contribution in [0, 0.1) is 6.61 Å². The van der Waals surface area contributed by atoms with Crippen LogP contribution in [0.25, 0.3) is 0 Å². The molecule has 1 unspecified atom stereocenters. The van der Waals surface area contributed by atoms with Gasteiger partial charge in [-0.3, -0.25) is 4.55 Å². The zero-order chi connectivity index (χ0) is 7.49. The summed E-state index contributed by atoms with van der Waals surface area (Å²) in [6, 6.07) is 0. The Morgan fingerprint density at radius 2 is 1.90 bits per heavy atom. The Morgan fingerprint density at radius 1 is 1.50 bits per heavy atom. The molecule has 0 bridgehead atoms. The van der Waals surface area contributed by atoms with Gasteiger partial charge in [0.05, 0.1) is 0 Å². The first-order valence-corrected chi connectivity index (χ1v) is 3.57. The average molecular weight is 162 g/mol. The van der Waals surface area contributed by atoms with Crippen molar-refractivity contribution in [3.8, 4) is 0 Å². The molecule has 5 nitrogen and oxygen atoms in total. The fraction of sp³-hybridized carbons (Fsp3) is 0.667. The third-order valence-corrected chi connectivity index (χ3v) is 1.76. The molecule has 0 spiro atoms. The number of hydrogen-bond donors (Lipinski definition) is 3. The minimum absolute atomic E-state index is 0. The molecule has 56 valence electrons. The third-order valence-electron chi connectivity index (χ3n) is 0.729. The van der Waals surface area contributed by atoms with Crippen LogP contribution in [-0.2, 0) is 10.1 Å². The molecule has 0 saturated carbocycles. The van der Waals surface area contributed by atoms with Crippen LogP contribution in [0.4, 0.5) is 0 Å². The Balaban J connectivity index is 0. The van der Waals surface area contributed by atoms with E-state index in [2.05, 4.69) is 0 Å². The molecular formula is C3H7LiO5S. The summed E-state index contributed by atoms with van der Waals surface area (Å²) in [5.74, 6) is 0. The molecule has 0 aromatic carbocycles. The van der Waals surface area contributed by atoms with Gasteiger partial charge in [-0.1, -0.05) is 0 Å². The Bertz CT molecular complexity index is 160. The summed E-state index contributed by atoms with van der Waals surface area (Å²) in [6.45, 7) is -0.606. The number of rotatable bonds is 3. The maximum absolute atomic E-state index is 10.00. The van der Waals surface area contributed by atoms with Gasteiger partial charge in [0.2, 0.25) is 10.1 Å². The molecule has 3 N–H and O–H groups in total. The van der Waals surface area contributed by atoms with E-state index in [9.17, 15) is 8.42 Å². The van der Waals surface area contributed by atoms with Gasteiger partial charge in [-0.05, 0) is 0 Å². The second-order valence-corrected chi connectivity index (χ2v) is 3.02. The van der Waals surface area contributed by atoms with Crippen LogP contribution in [0.2, 0.25) is 0 Å². The Kier molecular flexibility index (Phi) is 6.69. The Morgan fingerprint density at radius 3 is 1.90 bits per heavy atom. The molecule has 0 heterocycles. The predicted molar refractivity (Wildman–Crippen MR) is 28.7 cm³/mol. The van der Waals surface area contributed by atoms with Crippen molar-refractivity contribution in [2.45, 2.75) is 5.25 Å². The van der Waals surface area contributed by atoms with Gasteiger partial charge in [0.25, 0.3) is 0 Å². The fourth-order valence-electron chi connectivity index (χ4n) is 0.218. The zero-order valence-electron chi connectivity index (χ0n) is 5.43. The number of aliphatic hydroxyl groups is 2. The normalized spacial score (nSPS) is 13.9. The van der Waals surface area contributed by atoms with Crippen LogP contribution in [0.1, 0.15) is 0 Å². The van der Waals surface area contributed by atoms with Crippen molar-refractivity contribution in [3.63, 3.8) is 0 Å². The van der Waals surface area contributed by atoms with Crippen molar-refractivity contribution in [3.05, 3.63) is 6.61 Å². The molecule has 7 heteroatoms. The molecule has 0 fully saturated rings. The van der Waals surface area contributed by atoms with Crippen molar-refractivity contribution in [2.75, 3.05) is 6.61 Å². The summed E-state index contributed by atoms with van der Waals surface area (Å²) in [5, 5.41) is 14.6. The van der Waals surface area contributed by atoms with Crippen LogP contribution in [0.15, 0.2) is 0 Å². The molecule has 0 amide bonds. The number of aliphatic hydroxyl groups excluding tert-OH is 2. The van der Waals surface area contributed by atoms with E-state index in [1.165, 1.54) is 0 Å². The zero-order valence-corrected chi connectivity index (χ0v) is 6.24. The van der Waals surface area contributed by atoms with E-state index in [0.717, 1.165) is 0 Å². The van der Waals surface area contributed by atoms with Gasteiger partial charge in [-0.2, -0.15) is 6.61 Å². The largest absolute Gasteiger partial charge is 1.00 e. The molecule has 0 aromatic heterocycles. The fourth-order valence-corrected chi connectivity index (χ4v) is 0.560. The van der Waals surface area contributed by atoms with Crippen LogP contribution in [0.5, 0.6) is 0 Å². The minimum Gasteiger partial charge on any atom is -0.565 e. The van der Waals surface area contributed by atoms with E-state index in [4.69, 9.17) is 14.8 Å². The summed E-state index contributed by atoms with van der Waals surface area (Å²) < 4.78 is 28.1. The molecule has 0 radical (unpaired) electrons. The number of hydrogen-bond acceptors (Lipinski definition) is 4. The first kappa shape index (κ1) is 13.0. The van der Waals surface area contributed by atoms with Gasteiger partial charge in [-0.15, -0.1) is 0 Å². The summed E-state index contributed by atoms with van der Waals surface area (Å²) in [4.78, 5) is 0. The maximum Gasteiger partial charge on any atom is 1.00 e. The van der Waals surface area contributed by atoms with Crippen molar-refractivity contribution in [2.24, 2.45) is 0 Å². The van der Waals surface area contributed by atoms with Crippen LogP contribution in [0.3, 0.4) is 0 Å². The molecule has 0 aliphatic heterocycles. The van der Waals surface area contributed by atoms with Gasteiger partial charge >= 0.3 is 18.9 Å². The molecule has 0 aliphatic carbocycles. The van der Waals surface area contributed by atoms with Crippen LogP contribution in [-0.4, -0.2) is 35.0 Å². The molecule has 10 heavy (non-hydrogen) atoms. The quantitative estimate of drug-likeness (QED) is 0.222. The molecule has 1 atom stereocenters. The van der Waals surface area contributed by atoms with E-state index in [1.807, 2.05) is 0 Å². The first-order chi connectivity index (χ1) is 4.02. The van der Waals surface area contributed by atoms with E-state index in [1.54, 1.807) is 0 Å². The molecule has 0 aliphatic rings. The van der Waals surface area contributed by atoms with Gasteiger partial charge < -0.3 is 10.2 Å². The molecular weight excluding hydrogens is 155 g/mol. The minimum atomic E-state index is -4.32. The average Bonchev–Trinajstić information content (AvgIpc) is 1.65. The van der Waals surface area contributed by atoms with Crippen LogP contribution >= 0.6 is 0 Å². The van der Waals surface area contributed by atoms with Crippen LogP contribution < -0.4 is 18.9 Å². The maximum atomic E-state index is 10.00. The SMILES string of the molecule is O=S(=O)(O)C([CH-]O)CO.[Li+]. The molecule has 0 saturated heterocycles. The second kappa shape index (κ2) is 5.13. The van der Waals surface area contributed by atoms with E-state index < -0.39 is 22.0 Å². The second-order valence-electron chi connectivity index (χ2n) is 1.39. The van der Waals surface area contributed by atoms with Crippen molar-refractivity contribution >= 4 is 10.1 Å². The standard InChI is InChI=1S/C3H7O5S.Li/c4-1-3(2-5)9(6,7)8;/h1,3-5H,2H2,(H,6,7,8);/q-1;+1. The topological polar surface area (TPSA) is 94.8 Å². The first-order valence-electron chi connectivity index (χ1n) is 2.07. The van der Waals surface area contributed by atoms with Gasteiger partial charge in [0, 0.05) is 11.9 Å². The van der Waals surface area contributed by atoms with Gasteiger partial charge in [-0.25, -0.2) is 8.42 Å². The monoisotopic (exact) mass is 162 g/mol. The van der Waals surface area contributed by atoms with Crippen molar-refractivity contribution < 1.29 is 42.0 Å². The molecule has 0 aromatic rings. The van der Waals surface area contributed by atoms with E-state index in [0.29, 0.717) is 0 Å². The van der Waals surface area contributed by atoms with Gasteiger partial charge in [0.1, 0.15) is 0 Å². The predicted octanol–water partition coefficient (Wildman–Crippen LogP) is -4.23. The Hall–Kier alpha value is 0.427. The van der Waals surface area contributed by atoms with E-state index >= 15 is 0 Å². The summed E-state index contributed by atoms with van der Waals surface area (Å²) >= 11 is 0. The Labute approximate surface area is 71.0 Å². The van der Waals surface area contributed by atoms with Gasteiger partial charge in [0.15, 0.2) is 0 Å². The summed E-state index contributed by atoms with van der Waals surface area (Å²) in [6.07, 6.45) is 0. The van der Waals surface area contributed by atoms with E-state index in [-0.39, 0.29) is 25.5 Å². The smallest absolute Gasteiger partial charge is 0.565 e. The summed E-state index contributed by atoms with van der Waals surface area (Å²) in [5.41, 5.74) is 0.